The molecule has 6 heteroatoms. The maximum absolute atomic E-state index is 13.0. The summed E-state index contributed by atoms with van der Waals surface area (Å²) in [5, 5.41) is 3.07. The Labute approximate surface area is 182 Å². The molecule has 0 saturated carbocycles. The molecule has 0 atom stereocenters. The number of nitrogens with one attached hydrogen (secondary N) is 1. The Morgan fingerprint density at radius 3 is 1.48 bits per heavy atom. The van der Waals surface area contributed by atoms with Gasteiger partial charge in [-0.1, -0.05) is 90.9 Å². The van der Waals surface area contributed by atoms with Crippen molar-refractivity contribution in [2.24, 2.45) is 0 Å². The van der Waals surface area contributed by atoms with Crippen LogP contribution in [0.1, 0.15) is 110 Å². The molecule has 0 spiro atoms. The van der Waals surface area contributed by atoms with E-state index in [4.69, 9.17) is 9.05 Å². The van der Waals surface area contributed by atoms with Gasteiger partial charge < -0.3 is 4.90 Å². The molecule has 0 bridgehead atoms. The zero-order chi connectivity index (χ0) is 21.6. The second-order valence-corrected chi connectivity index (χ2v) is 10.3. The van der Waals surface area contributed by atoms with Crippen molar-refractivity contribution in [3.05, 3.63) is 0 Å². The predicted molar refractivity (Wildman–Crippen MR) is 127 cm³/mol. The van der Waals surface area contributed by atoms with Crippen LogP contribution in [0, 0.1) is 0 Å². The lowest BCUT2D eigenvalue weighted by atomic mass is 10.1. The molecule has 176 valence electrons. The fraction of sp³-hybridized carbons (Fsp3) is 1.00. The zero-order valence-electron chi connectivity index (χ0n) is 20.1. The Bertz CT molecular complexity index is 357. The summed E-state index contributed by atoms with van der Waals surface area (Å²) in [6.45, 7) is 7.13. The van der Waals surface area contributed by atoms with Crippen molar-refractivity contribution in [1.29, 1.82) is 0 Å². The Kier molecular flexibility index (Phi) is 21.4. The van der Waals surface area contributed by atoms with Crippen molar-refractivity contribution >= 4 is 7.75 Å². The SMILES string of the molecule is CCCCCCCCCOP(=O)(NCCCN(C)C)OCCCCCCCCC. The van der Waals surface area contributed by atoms with Crippen LogP contribution in [-0.2, 0) is 13.6 Å². The summed E-state index contributed by atoms with van der Waals surface area (Å²) >= 11 is 0. The molecule has 0 aliphatic heterocycles. The minimum atomic E-state index is -3.18. The summed E-state index contributed by atoms with van der Waals surface area (Å²) in [5.41, 5.74) is 0. The first-order valence-corrected chi connectivity index (χ1v) is 13.9. The minimum absolute atomic E-state index is 0.517. The third-order valence-corrected chi connectivity index (χ3v) is 6.76. The van der Waals surface area contributed by atoms with Crippen LogP contribution in [0.15, 0.2) is 0 Å². The first-order chi connectivity index (χ1) is 14.0. The highest BCUT2D eigenvalue weighted by Gasteiger charge is 2.23. The van der Waals surface area contributed by atoms with Gasteiger partial charge in [0.2, 0.25) is 0 Å². The molecule has 0 fully saturated rings. The highest BCUT2D eigenvalue weighted by molar-refractivity contribution is 7.51. The lowest BCUT2D eigenvalue weighted by Gasteiger charge is -2.20. The second kappa shape index (κ2) is 21.3. The first kappa shape index (κ1) is 29.1. The number of rotatable bonds is 23. The molecule has 29 heavy (non-hydrogen) atoms. The van der Waals surface area contributed by atoms with Crippen LogP contribution >= 0.6 is 7.75 Å². The Hall–Kier alpha value is 0.0700. The molecule has 0 rings (SSSR count). The maximum atomic E-state index is 13.0. The van der Waals surface area contributed by atoms with E-state index in [2.05, 4.69) is 23.8 Å². The summed E-state index contributed by atoms with van der Waals surface area (Å²) in [6.07, 6.45) is 18.1. The van der Waals surface area contributed by atoms with Gasteiger partial charge >= 0.3 is 7.75 Å². The molecule has 0 aromatic carbocycles. The van der Waals surface area contributed by atoms with E-state index in [9.17, 15) is 4.57 Å². The van der Waals surface area contributed by atoms with Gasteiger partial charge in [-0.05, 0) is 39.9 Å². The molecular weight excluding hydrogens is 383 g/mol. The van der Waals surface area contributed by atoms with E-state index in [0.29, 0.717) is 19.8 Å². The summed E-state index contributed by atoms with van der Waals surface area (Å²) in [5.74, 6) is 0. The van der Waals surface area contributed by atoms with Gasteiger partial charge in [0.1, 0.15) is 0 Å². The minimum Gasteiger partial charge on any atom is -0.309 e. The molecule has 0 amide bonds. The summed E-state index contributed by atoms with van der Waals surface area (Å²) in [6, 6.07) is 0. The quantitative estimate of drug-likeness (QED) is 0.136. The Morgan fingerprint density at radius 2 is 1.07 bits per heavy atom. The van der Waals surface area contributed by atoms with Crippen molar-refractivity contribution in [2.45, 2.75) is 110 Å². The first-order valence-electron chi connectivity index (χ1n) is 12.3. The van der Waals surface area contributed by atoms with Crippen molar-refractivity contribution in [2.75, 3.05) is 40.4 Å². The molecule has 0 aromatic rings. The summed E-state index contributed by atoms with van der Waals surface area (Å²) in [4.78, 5) is 2.13. The van der Waals surface area contributed by atoms with Gasteiger partial charge in [0.25, 0.3) is 0 Å². The monoisotopic (exact) mass is 434 g/mol. The smallest absolute Gasteiger partial charge is 0.309 e. The van der Waals surface area contributed by atoms with Crippen LogP contribution in [0.25, 0.3) is 0 Å². The Morgan fingerprint density at radius 1 is 0.655 bits per heavy atom. The van der Waals surface area contributed by atoms with Gasteiger partial charge in [-0.2, -0.15) is 0 Å². The molecule has 0 unspecified atom stereocenters. The van der Waals surface area contributed by atoms with Crippen LogP contribution < -0.4 is 5.09 Å². The van der Waals surface area contributed by atoms with Gasteiger partial charge in [-0.25, -0.2) is 9.65 Å². The normalized spacial score (nSPS) is 12.2. The molecule has 1 N–H and O–H groups in total. The third-order valence-electron chi connectivity index (χ3n) is 5.11. The van der Waals surface area contributed by atoms with Crippen molar-refractivity contribution in [3.63, 3.8) is 0 Å². The number of unbranched alkanes of at least 4 members (excludes halogenated alkanes) is 12. The molecule has 0 saturated heterocycles. The molecule has 0 aromatic heterocycles. The Balaban J connectivity index is 4.04. The highest BCUT2D eigenvalue weighted by Crippen LogP contribution is 2.44. The van der Waals surface area contributed by atoms with Crippen molar-refractivity contribution < 1.29 is 13.6 Å². The van der Waals surface area contributed by atoms with E-state index >= 15 is 0 Å². The lowest BCUT2D eigenvalue weighted by Crippen LogP contribution is -2.21. The van der Waals surface area contributed by atoms with Crippen LogP contribution in [0.2, 0.25) is 0 Å². The summed E-state index contributed by atoms with van der Waals surface area (Å²) in [7, 11) is 0.918. The molecule has 0 aliphatic rings. The third kappa shape index (κ3) is 21.1. The summed E-state index contributed by atoms with van der Waals surface area (Å²) < 4.78 is 24.5. The number of hydrogen-bond donors (Lipinski definition) is 1. The second-order valence-electron chi connectivity index (χ2n) is 8.47. The van der Waals surface area contributed by atoms with E-state index in [1.54, 1.807) is 0 Å². The molecule has 0 heterocycles. The average Bonchev–Trinajstić information content (AvgIpc) is 2.69. The fourth-order valence-corrected chi connectivity index (χ4v) is 4.66. The van der Waals surface area contributed by atoms with Gasteiger partial charge in [-0.15, -0.1) is 0 Å². The van der Waals surface area contributed by atoms with E-state index in [-0.39, 0.29) is 0 Å². The predicted octanol–water partition coefficient (Wildman–Crippen LogP) is 7.17. The molecular formula is C23H51N2O3P. The molecule has 5 nitrogen and oxygen atoms in total. The van der Waals surface area contributed by atoms with Gasteiger partial charge in [-0.3, -0.25) is 9.05 Å². The van der Waals surface area contributed by atoms with E-state index in [1.165, 1.54) is 64.2 Å². The zero-order valence-corrected chi connectivity index (χ0v) is 20.9. The van der Waals surface area contributed by atoms with Crippen molar-refractivity contribution in [1.82, 2.24) is 9.99 Å². The largest absolute Gasteiger partial charge is 0.405 e. The molecule has 0 aliphatic carbocycles. The van der Waals surface area contributed by atoms with E-state index in [0.717, 1.165) is 38.6 Å². The maximum Gasteiger partial charge on any atom is 0.405 e. The average molecular weight is 435 g/mol. The topological polar surface area (TPSA) is 50.8 Å². The van der Waals surface area contributed by atoms with Crippen LogP contribution in [-0.4, -0.2) is 45.3 Å². The van der Waals surface area contributed by atoms with Crippen LogP contribution in [0.3, 0.4) is 0 Å². The van der Waals surface area contributed by atoms with Gasteiger partial charge in [0, 0.05) is 6.54 Å². The van der Waals surface area contributed by atoms with Crippen molar-refractivity contribution in [3.8, 4) is 0 Å². The number of hydrogen-bond acceptors (Lipinski definition) is 4. The standard InChI is InChI=1S/C23H51N2O3P/c1-5-7-9-11-13-15-17-22-27-29(26,24-20-19-21-25(3)4)28-23-18-16-14-12-10-8-6-2/h5-23H2,1-4H3,(H,24,26). The van der Waals surface area contributed by atoms with Crippen LogP contribution in [0.5, 0.6) is 0 Å². The lowest BCUT2D eigenvalue weighted by molar-refractivity contribution is 0.189. The van der Waals surface area contributed by atoms with Gasteiger partial charge in [0.15, 0.2) is 0 Å². The highest BCUT2D eigenvalue weighted by atomic mass is 31.2. The van der Waals surface area contributed by atoms with Crippen LogP contribution in [0.4, 0.5) is 0 Å². The van der Waals surface area contributed by atoms with E-state index in [1.807, 2.05) is 14.1 Å². The molecule has 0 radical (unpaired) electrons. The van der Waals surface area contributed by atoms with E-state index < -0.39 is 7.75 Å². The van der Waals surface area contributed by atoms with Gasteiger partial charge in [0.05, 0.1) is 13.2 Å². The fourth-order valence-electron chi connectivity index (χ4n) is 3.23. The number of nitrogens with zero attached hydrogens (tertiary/aromatic N) is 1.